The van der Waals surface area contributed by atoms with Gasteiger partial charge < -0.3 is 9.32 Å². The number of unbranched alkanes of at least 4 members (excludes halogenated alkanes) is 2. The summed E-state index contributed by atoms with van der Waals surface area (Å²) in [6, 6.07) is 25.1. The number of anilines is 1. The zero-order valence-corrected chi connectivity index (χ0v) is 29.0. The highest BCUT2D eigenvalue weighted by Crippen LogP contribution is 2.28. The lowest BCUT2D eigenvalue weighted by Crippen LogP contribution is -2.46. The lowest BCUT2D eigenvalue weighted by Gasteiger charge is -2.36. The van der Waals surface area contributed by atoms with E-state index in [1.165, 1.54) is 21.3 Å². The van der Waals surface area contributed by atoms with E-state index in [9.17, 15) is 9.59 Å². The summed E-state index contributed by atoms with van der Waals surface area (Å²) in [7, 11) is 0. The van der Waals surface area contributed by atoms with Crippen molar-refractivity contribution < 1.29 is 9.21 Å². The van der Waals surface area contributed by atoms with E-state index in [2.05, 4.69) is 114 Å². The Morgan fingerprint density at radius 3 is 2.14 bits per heavy atom. The molecule has 0 spiro atoms. The summed E-state index contributed by atoms with van der Waals surface area (Å²) in [6.45, 7) is 6.60. The SMILES string of the molecule is CC/C=C\C/C=C\C/C=C\C/C=C\CCCCC(=O)Cn1c(=O)oc2c(N3CCN(Cc4cccc(-c5ccccc5)c4)CC3)cccc21. The molecule has 0 amide bonds. The number of para-hydroxylation sites is 1. The number of rotatable bonds is 18. The van der Waals surface area contributed by atoms with E-state index >= 15 is 0 Å². The largest absolute Gasteiger partial charge is 0.420 e. The van der Waals surface area contributed by atoms with Gasteiger partial charge >= 0.3 is 5.76 Å². The highest BCUT2D eigenvalue weighted by atomic mass is 16.4. The molecule has 256 valence electrons. The van der Waals surface area contributed by atoms with Crippen molar-refractivity contribution in [1.29, 1.82) is 0 Å². The molecule has 6 heteroatoms. The molecule has 1 aromatic heterocycles. The molecule has 0 N–H and O–H groups in total. The number of hydrogen-bond acceptors (Lipinski definition) is 5. The van der Waals surface area contributed by atoms with Gasteiger partial charge in [-0.2, -0.15) is 0 Å². The van der Waals surface area contributed by atoms with Crippen molar-refractivity contribution in [3.63, 3.8) is 0 Å². The van der Waals surface area contributed by atoms with Crippen molar-refractivity contribution in [3.05, 3.63) is 138 Å². The summed E-state index contributed by atoms with van der Waals surface area (Å²) in [6.07, 6.45) is 24.7. The van der Waals surface area contributed by atoms with Crippen LogP contribution in [0.25, 0.3) is 22.2 Å². The smallest absolute Gasteiger partial charge is 0.405 e. The van der Waals surface area contributed by atoms with Gasteiger partial charge in [0.1, 0.15) is 0 Å². The highest BCUT2D eigenvalue weighted by Gasteiger charge is 2.22. The average Bonchev–Trinajstić information content (AvgIpc) is 3.45. The molecule has 1 aliphatic rings. The number of benzene rings is 3. The van der Waals surface area contributed by atoms with E-state index in [1.807, 2.05) is 24.3 Å². The third kappa shape index (κ3) is 10.9. The summed E-state index contributed by atoms with van der Waals surface area (Å²) in [5.41, 5.74) is 5.96. The van der Waals surface area contributed by atoms with Crippen molar-refractivity contribution in [3.8, 4) is 11.1 Å². The van der Waals surface area contributed by atoms with Crippen LogP contribution in [0.3, 0.4) is 0 Å². The van der Waals surface area contributed by atoms with Gasteiger partial charge in [-0.1, -0.05) is 110 Å². The minimum atomic E-state index is -0.465. The molecule has 0 aliphatic carbocycles. The Balaban J connectivity index is 1.05. The van der Waals surface area contributed by atoms with Gasteiger partial charge in [0, 0.05) is 39.1 Å². The quantitative estimate of drug-likeness (QED) is 0.0788. The number of hydrogen-bond donors (Lipinski definition) is 0. The monoisotopic (exact) mass is 657 g/mol. The fraction of sp³-hybridized carbons (Fsp3) is 0.349. The van der Waals surface area contributed by atoms with Gasteiger partial charge in [-0.25, -0.2) is 4.79 Å². The molecule has 0 radical (unpaired) electrons. The van der Waals surface area contributed by atoms with Crippen LogP contribution in [0.15, 0.2) is 131 Å². The summed E-state index contributed by atoms with van der Waals surface area (Å²) in [5.74, 6) is -0.405. The first-order valence-corrected chi connectivity index (χ1v) is 18.0. The number of Topliss-reactive ketones (excluding diaryl/α,β-unsaturated/α-hetero) is 1. The first-order chi connectivity index (χ1) is 24.1. The zero-order valence-electron chi connectivity index (χ0n) is 29.0. The number of piperazine rings is 1. The Morgan fingerprint density at radius 2 is 1.41 bits per heavy atom. The summed E-state index contributed by atoms with van der Waals surface area (Å²) < 4.78 is 7.27. The van der Waals surface area contributed by atoms with Crippen LogP contribution in [0.4, 0.5) is 5.69 Å². The Morgan fingerprint density at radius 1 is 0.735 bits per heavy atom. The number of nitrogens with zero attached hydrogens (tertiary/aromatic N) is 3. The second-order valence-corrected chi connectivity index (χ2v) is 12.7. The minimum Gasteiger partial charge on any atom is -0.405 e. The molecule has 1 aliphatic heterocycles. The predicted molar refractivity (Wildman–Crippen MR) is 204 cm³/mol. The number of fused-ring (bicyclic) bond motifs is 1. The molecule has 1 fully saturated rings. The van der Waals surface area contributed by atoms with Crippen molar-refractivity contribution in [2.75, 3.05) is 31.1 Å². The number of ketones is 1. The number of carbonyl (C=O) groups is 1. The Labute approximate surface area is 291 Å². The maximum absolute atomic E-state index is 12.9. The number of allylic oxidation sites excluding steroid dienone is 8. The second-order valence-electron chi connectivity index (χ2n) is 12.7. The molecule has 2 heterocycles. The molecule has 5 rings (SSSR count). The summed E-state index contributed by atoms with van der Waals surface area (Å²) in [5, 5.41) is 0. The topological polar surface area (TPSA) is 58.7 Å². The van der Waals surface area contributed by atoms with Gasteiger partial charge in [0.25, 0.3) is 0 Å². The fourth-order valence-electron chi connectivity index (χ4n) is 6.29. The number of aromatic nitrogens is 1. The van der Waals surface area contributed by atoms with Crippen LogP contribution >= 0.6 is 0 Å². The van der Waals surface area contributed by atoms with Crippen molar-refractivity contribution >= 4 is 22.6 Å². The van der Waals surface area contributed by atoms with E-state index in [-0.39, 0.29) is 12.3 Å². The average molecular weight is 658 g/mol. The summed E-state index contributed by atoms with van der Waals surface area (Å²) >= 11 is 0. The maximum atomic E-state index is 12.9. The molecule has 49 heavy (non-hydrogen) atoms. The van der Waals surface area contributed by atoms with Gasteiger partial charge in [0.05, 0.1) is 17.7 Å². The van der Waals surface area contributed by atoms with Gasteiger partial charge in [-0.3, -0.25) is 14.3 Å². The lowest BCUT2D eigenvalue weighted by molar-refractivity contribution is -0.119. The minimum absolute atomic E-state index is 0.0507. The maximum Gasteiger partial charge on any atom is 0.420 e. The Hall–Kier alpha value is -4.68. The van der Waals surface area contributed by atoms with Crippen molar-refractivity contribution in [2.24, 2.45) is 0 Å². The van der Waals surface area contributed by atoms with E-state index in [1.54, 1.807) is 0 Å². The third-order valence-corrected chi connectivity index (χ3v) is 8.96. The van der Waals surface area contributed by atoms with Crippen LogP contribution < -0.4 is 10.7 Å². The molecule has 6 nitrogen and oxygen atoms in total. The number of carbonyl (C=O) groups excluding carboxylic acids is 1. The normalized spacial score (nSPS) is 14.4. The fourth-order valence-corrected chi connectivity index (χ4v) is 6.29. The van der Waals surface area contributed by atoms with Crippen molar-refractivity contribution in [2.45, 2.75) is 71.4 Å². The molecule has 0 atom stereocenters. The highest BCUT2D eigenvalue weighted by molar-refractivity contribution is 5.88. The molecular formula is C43H51N3O3. The number of oxazole rings is 1. The zero-order chi connectivity index (χ0) is 34.1. The van der Waals surface area contributed by atoms with Gasteiger partial charge in [-0.15, -0.1) is 0 Å². The van der Waals surface area contributed by atoms with E-state index in [4.69, 9.17) is 4.42 Å². The van der Waals surface area contributed by atoms with E-state index in [0.29, 0.717) is 17.5 Å². The Bertz CT molecular complexity index is 1790. The van der Waals surface area contributed by atoms with Crippen LogP contribution in [0.1, 0.15) is 63.9 Å². The molecule has 4 aromatic rings. The molecule has 0 saturated carbocycles. The van der Waals surface area contributed by atoms with Gasteiger partial charge in [0.15, 0.2) is 11.4 Å². The molecule has 1 saturated heterocycles. The van der Waals surface area contributed by atoms with E-state index < -0.39 is 5.76 Å². The molecule has 0 bridgehead atoms. The lowest BCUT2D eigenvalue weighted by atomic mass is 10.0. The molecule has 0 unspecified atom stereocenters. The van der Waals surface area contributed by atoms with E-state index in [0.717, 1.165) is 83.4 Å². The van der Waals surface area contributed by atoms with Crippen LogP contribution in [0.2, 0.25) is 0 Å². The van der Waals surface area contributed by atoms with Gasteiger partial charge in [0.2, 0.25) is 0 Å². The second kappa shape index (κ2) is 19.4. The standard InChI is InChI=1S/C43H51N3O3/c1-2-3-4-5-6-7-8-9-10-11-12-13-14-15-19-26-39(47)35-46-41-28-21-27-40(42(41)49-43(46)48)45-31-29-44(30-32-45)34-36-22-20-25-38(33-36)37-23-17-16-18-24-37/h3-4,6-7,9-10,12-13,16-18,20-25,27-28,33H,2,5,8,11,14-15,19,26,29-32,34-35H2,1H3/b4-3-,7-6-,10-9-,13-12-. The van der Waals surface area contributed by atoms with Crippen LogP contribution in [0.5, 0.6) is 0 Å². The predicted octanol–water partition coefficient (Wildman–Crippen LogP) is 9.52. The third-order valence-electron chi connectivity index (χ3n) is 8.96. The van der Waals surface area contributed by atoms with Crippen LogP contribution in [0, 0.1) is 0 Å². The van der Waals surface area contributed by atoms with Crippen LogP contribution in [-0.2, 0) is 17.9 Å². The van der Waals surface area contributed by atoms with Gasteiger partial charge in [-0.05, 0) is 79.8 Å². The first kappa shape index (κ1) is 35.6. The summed E-state index contributed by atoms with van der Waals surface area (Å²) in [4.78, 5) is 30.5. The van der Waals surface area contributed by atoms with Crippen molar-refractivity contribution in [1.82, 2.24) is 9.47 Å². The molecular weight excluding hydrogens is 606 g/mol. The Kier molecular flexibility index (Phi) is 14.1. The molecule has 3 aromatic carbocycles. The van der Waals surface area contributed by atoms with Crippen LogP contribution in [-0.4, -0.2) is 41.4 Å². The first-order valence-electron chi connectivity index (χ1n) is 18.0.